The van der Waals surface area contributed by atoms with Crippen molar-refractivity contribution in [3.63, 3.8) is 0 Å². The van der Waals surface area contributed by atoms with Crippen LogP contribution in [0.1, 0.15) is 29.5 Å². The van der Waals surface area contributed by atoms with E-state index >= 15 is 0 Å². The van der Waals surface area contributed by atoms with Crippen LogP contribution in [0.5, 0.6) is 28.7 Å². The Hall–Kier alpha value is -4.93. The number of methoxy groups -OCH3 is 1. The number of aryl methyl sites for hydroxylation is 2. The van der Waals surface area contributed by atoms with E-state index in [9.17, 15) is 14.4 Å². The molecule has 6 aliphatic heterocycles. The lowest BCUT2D eigenvalue weighted by molar-refractivity contribution is -0.130. The third-order valence-corrected chi connectivity index (χ3v) is 7.96. The molecule has 1 saturated heterocycles. The molecule has 0 radical (unpaired) electrons. The monoisotopic (exact) mass is 601 g/mol. The first-order chi connectivity index (χ1) is 21.4. The Morgan fingerprint density at radius 1 is 0.886 bits per heavy atom. The summed E-state index contributed by atoms with van der Waals surface area (Å²) in [5.41, 5.74) is 2.77. The van der Waals surface area contributed by atoms with E-state index in [0.717, 1.165) is 16.7 Å². The minimum absolute atomic E-state index is 0.0148. The van der Waals surface area contributed by atoms with Gasteiger partial charge in [-0.2, -0.15) is 0 Å². The molecule has 3 aromatic rings. The van der Waals surface area contributed by atoms with Gasteiger partial charge in [0.1, 0.15) is 11.9 Å². The first-order valence-electron chi connectivity index (χ1n) is 14.7. The second-order valence-corrected chi connectivity index (χ2v) is 11.0. The number of benzene rings is 3. The number of likely N-dealkylation sites (tertiary alicyclic amines) is 1. The maximum Gasteiger partial charge on any atom is 0.258 e. The Kier molecular flexibility index (Phi) is 8.71. The molecule has 0 unspecified atom stereocenters. The molecule has 3 amide bonds. The lowest BCUT2D eigenvalue weighted by Gasteiger charge is -2.21. The van der Waals surface area contributed by atoms with Crippen molar-refractivity contribution in [2.45, 2.75) is 44.4 Å². The average molecular weight is 602 g/mol. The summed E-state index contributed by atoms with van der Waals surface area (Å²) >= 11 is 0. The summed E-state index contributed by atoms with van der Waals surface area (Å²) in [5, 5.41) is 5.97. The number of nitrogens with one attached hydrogen (secondary N) is 2. The zero-order chi connectivity index (χ0) is 30.5. The van der Waals surface area contributed by atoms with Crippen LogP contribution in [0.2, 0.25) is 0 Å². The molecule has 6 heterocycles. The maximum absolute atomic E-state index is 13.3. The van der Waals surface area contributed by atoms with Crippen molar-refractivity contribution in [1.82, 2.24) is 15.5 Å². The predicted molar refractivity (Wildman–Crippen MR) is 159 cm³/mol. The quantitative estimate of drug-likeness (QED) is 0.468. The molecular formula is C33H35N3O8. The number of rotatable bonds is 4. The van der Waals surface area contributed by atoms with Crippen molar-refractivity contribution in [1.29, 1.82) is 0 Å². The van der Waals surface area contributed by atoms with Gasteiger partial charge >= 0.3 is 0 Å². The van der Waals surface area contributed by atoms with E-state index in [1.165, 1.54) is 7.11 Å². The Bertz CT molecular complexity index is 1530. The van der Waals surface area contributed by atoms with Crippen LogP contribution in [0.25, 0.3) is 0 Å². The summed E-state index contributed by atoms with van der Waals surface area (Å²) in [6, 6.07) is 18.1. The number of carbonyl (C=O) groups excluding carboxylic acids is 3. The van der Waals surface area contributed by atoms with E-state index in [4.69, 9.17) is 23.7 Å². The van der Waals surface area contributed by atoms with Gasteiger partial charge in [-0.3, -0.25) is 14.4 Å². The minimum Gasteiger partial charge on any atom is -0.493 e. The van der Waals surface area contributed by atoms with Crippen molar-refractivity contribution >= 4 is 17.7 Å². The van der Waals surface area contributed by atoms with Gasteiger partial charge in [-0.15, -0.1) is 0 Å². The first kappa shape index (κ1) is 29.2. The van der Waals surface area contributed by atoms with Crippen molar-refractivity contribution in [2.24, 2.45) is 0 Å². The molecule has 9 rings (SSSR count). The number of hydrogen-bond acceptors (Lipinski definition) is 8. The molecule has 0 aromatic heterocycles. The first-order valence-corrected chi connectivity index (χ1v) is 14.7. The summed E-state index contributed by atoms with van der Waals surface area (Å²) in [4.78, 5) is 40.6. The Labute approximate surface area is 255 Å². The maximum atomic E-state index is 13.3. The van der Waals surface area contributed by atoms with Crippen LogP contribution in [0, 0.1) is 0 Å². The van der Waals surface area contributed by atoms with Crippen LogP contribution in [-0.4, -0.2) is 68.4 Å². The molecule has 44 heavy (non-hydrogen) atoms. The van der Waals surface area contributed by atoms with Crippen LogP contribution >= 0.6 is 0 Å². The molecule has 1 fully saturated rings. The SMILES string of the molecule is COc1cc2ccc1OCC(=O)NCc1ccc(cc1)O[C@H]1CN(C(=O)CCc3ccc4c(c3)OCO4)C[C@@H]1NC(=O)CC2. The van der Waals surface area contributed by atoms with Gasteiger partial charge in [0.25, 0.3) is 5.91 Å². The molecule has 3 aromatic carbocycles. The number of fused-ring (bicyclic) bond motifs is 1. The van der Waals surface area contributed by atoms with Gasteiger partial charge < -0.3 is 39.2 Å². The highest BCUT2D eigenvalue weighted by atomic mass is 16.7. The summed E-state index contributed by atoms with van der Waals surface area (Å²) in [6.07, 6.45) is 1.15. The molecule has 11 heteroatoms. The summed E-state index contributed by atoms with van der Waals surface area (Å²) in [7, 11) is 1.53. The second-order valence-electron chi connectivity index (χ2n) is 11.0. The standard InChI is InChI=1S/C33H35N3O8/c1-40-28-14-21-4-10-26(28)41-19-32(38)34-16-23-2-8-24(9-3-23)44-30-18-36(17-25(30)35-31(37)12-6-21)33(39)13-7-22-5-11-27-29(15-22)43-20-42-27/h2-5,8-11,14-15,25,30H,6-7,12-13,16-20H2,1H3,(H,34,38)(H,35,37)/t25-,30-/m0/s1. The van der Waals surface area contributed by atoms with Gasteiger partial charge in [-0.25, -0.2) is 0 Å². The van der Waals surface area contributed by atoms with E-state index in [1.54, 1.807) is 11.0 Å². The third kappa shape index (κ3) is 6.99. The fourth-order valence-corrected chi connectivity index (χ4v) is 5.52. The molecule has 0 saturated carbocycles. The van der Waals surface area contributed by atoms with Crippen molar-refractivity contribution in [3.05, 3.63) is 77.4 Å². The minimum atomic E-state index is -0.430. The van der Waals surface area contributed by atoms with E-state index < -0.39 is 6.10 Å². The van der Waals surface area contributed by atoms with Gasteiger partial charge in [0.2, 0.25) is 18.6 Å². The van der Waals surface area contributed by atoms with Gasteiger partial charge in [0.15, 0.2) is 29.6 Å². The molecule has 4 bridgehead atoms. The van der Waals surface area contributed by atoms with Crippen LogP contribution in [0.4, 0.5) is 0 Å². The summed E-state index contributed by atoms with van der Waals surface area (Å²) < 4.78 is 28.3. The van der Waals surface area contributed by atoms with Gasteiger partial charge in [-0.1, -0.05) is 24.3 Å². The largest absolute Gasteiger partial charge is 0.493 e. The lowest BCUT2D eigenvalue weighted by Crippen LogP contribution is -2.45. The smallest absolute Gasteiger partial charge is 0.258 e. The molecule has 0 spiro atoms. The summed E-state index contributed by atoms with van der Waals surface area (Å²) in [6.45, 7) is 1.07. The van der Waals surface area contributed by atoms with E-state index in [0.29, 0.717) is 67.6 Å². The topological polar surface area (TPSA) is 125 Å². The average Bonchev–Trinajstić information content (AvgIpc) is 3.67. The Balaban J connectivity index is 1.16. The molecule has 2 atom stereocenters. The van der Waals surface area contributed by atoms with Crippen LogP contribution in [0.15, 0.2) is 60.7 Å². The molecule has 6 aliphatic rings. The van der Waals surface area contributed by atoms with Crippen LogP contribution in [-0.2, 0) is 33.8 Å². The highest BCUT2D eigenvalue weighted by molar-refractivity contribution is 5.79. The van der Waals surface area contributed by atoms with E-state index in [1.807, 2.05) is 54.6 Å². The number of amides is 3. The third-order valence-electron chi connectivity index (χ3n) is 7.96. The fraction of sp³-hybridized carbons (Fsp3) is 0.364. The normalized spacial score (nSPS) is 19.8. The van der Waals surface area contributed by atoms with Gasteiger partial charge in [0, 0.05) is 25.9 Å². The zero-order valence-electron chi connectivity index (χ0n) is 24.5. The second kappa shape index (κ2) is 13.2. The Morgan fingerprint density at radius 2 is 1.68 bits per heavy atom. The number of ether oxygens (including phenoxy) is 5. The van der Waals surface area contributed by atoms with E-state index in [2.05, 4.69) is 10.6 Å². The van der Waals surface area contributed by atoms with Crippen molar-refractivity contribution < 1.29 is 38.1 Å². The molecular weight excluding hydrogens is 566 g/mol. The van der Waals surface area contributed by atoms with Crippen molar-refractivity contribution in [2.75, 3.05) is 33.6 Å². The highest BCUT2D eigenvalue weighted by Crippen LogP contribution is 2.33. The summed E-state index contributed by atoms with van der Waals surface area (Å²) in [5.74, 6) is 2.53. The van der Waals surface area contributed by atoms with Gasteiger partial charge in [0.05, 0.1) is 19.7 Å². The predicted octanol–water partition coefficient (Wildman–Crippen LogP) is 2.77. The number of hydrogen-bond donors (Lipinski definition) is 2. The van der Waals surface area contributed by atoms with Crippen LogP contribution in [0.3, 0.4) is 0 Å². The molecule has 11 nitrogen and oxygen atoms in total. The zero-order valence-corrected chi connectivity index (χ0v) is 24.5. The van der Waals surface area contributed by atoms with Gasteiger partial charge in [-0.05, 0) is 65.9 Å². The number of carbonyl (C=O) groups is 3. The highest BCUT2D eigenvalue weighted by Gasteiger charge is 2.37. The van der Waals surface area contributed by atoms with Crippen LogP contribution < -0.4 is 34.3 Å². The Morgan fingerprint density at radius 3 is 2.52 bits per heavy atom. The van der Waals surface area contributed by atoms with E-state index in [-0.39, 0.29) is 43.6 Å². The molecule has 230 valence electrons. The molecule has 0 aliphatic carbocycles. The van der Waals surface area contributed by atoms with Crippen molar-refractivity contribution in [3.8, 4) is 28.7 Å². The molecule has 2 N–H and O–H groups in total. The number of nitrogens with zero attached hydrogens (tertiary/aromatic N) is 1. The fourth-order valence-electron chi connectivity index (χ4n) is 5.52. The lowest BCUT2D eigenvalue weighted by atomic mass is 10.1.